The number of aliphatic hydroxyl groups excluding tert-OH is 1. The number of ether oxygens (including phenoxy) is 1. The number of hydrogen-bond donors (Lipinski definition) is 1. The molecule has 0 aliphatic carbocycles. The molecule has 0 amide bonds. The van der Waals surface area contributed by atoms with Gasteiger partial charge in [0.1, 0.15) is 5.75 Å². The van der Waals surface area contributed by atoms with E-state index in [0.29, 0.717) is 11.4 Å². The van der Waals surface area contributed by atoms with Crippen LogP contribution in [0.25, 0.3) is 0 Å². The maximum atomic E-state index is 9.06. The van der Waals surface area contributed by atoms with Crippen LogP contribution in [-0.2, 0) is 6.61 Å². The summed E-state index contributed by atoms with van der Waals surface area (Å²) in [5, 5.41) is 9.06. The van der Waals surface area contributed by atoms with Crippen molar-refractivity contribution < 1.29 is 9.84 Å². The molecule has 0 saturated heterocycles. The minimum absolute atomic E-state index is 0.119. The van der Waals surface area contributed by atoms with Gasteiger partial charge in [-0.15, -0.1) is 0 Å². The molecule has 1 heterocycles. The van der Waals surface area contributed by atoms with Crippen LogP contribution in [-0.4, -0.2) is 15.1 Å². The smallest absolute Gasteiger partial charge is 0.322 e. The minimum Gasteiger partial charge on any atom is -0.423 e. The number of nitrogens with zero attached hydrogens (tertiary/aromatic N) is 2. The summed E-state index contributed by atoms with van der Waals surface area (Å²) in [6, 6.07) is 9.61. The van der Waals surface area contributed by atoms with Crippen molar-refractivity contribution in [1.82, 2.24) is 9.97 Å². The summed E-state index contributed by atoms with van der Waals surface area (Å²) in [5.74, 6) is 0.711. The zero-order valence-electron chi connectivity index (χ0n) is 9.22. The van der Waals surface area contributed by atoms with E-state index in [1.54, 1.807) is 6.07 Å². The van der Waals surface area contributed by atoms with Crippen molar-refractivity contribution in [2.24, 2.45) is 0 Å². The SMILES string of the molecule is Cc1cc(CO)nc(Oc2ccccc2I)n1. The number of hydrogen-bond acceptors (Lipinski definition) is 4. The quantitative estimate of drug-likeness (QED) is 0.872. The molecule has 17 heavy (non-hydrogen) atoms. The Hall–Kier alpha value is -1.21. The molecule has 2 aromatic rings. The van der Waals surface area contributed by atoms with Gasteiger partial charge < -0.3 is 9.84 Å². The van der Waals surface area contributed by atoms with E-state index in [9.17, 15) is 0 Å². The molecule has 0 spiro atoms. The summed E-state index contributed by atoms with van der Waals surface area (Å²) < 4.78 is 6.58. The number of aliphatic hydroxyl groups is 1. The fraction of sp³-hybridized carbons (Fsp3) is 0.167. The van der Waals surface area contributed by atoms with Crippen LogP contribution in [0.4, 0.5) is 0 Å². The van der Waals surface area contributed by atoms with Crippen molar-refractivity contribution in [3.63, 3.8) is 0 Å². The normalized spacial score (nSPS) is 10.3. The molecule has 0 aliphatic heterocycles. The van der Waals surface area contributed by atoms with E-state index in [2.05, 4.69) is 32.6 Å². The van der Waals surface area contributed by atoms with Crippen molar-refractivity contribution in [1.29, 1.82) is 0 Å². The lowest BCUT2D eigenvalue weighted by Crippen LogP contribution is -1.99. The molecule has 0 fully saturated rings. The van der Waals surface area contributed by atoms with Gasteiger partial charge >= 0.3 is 6.01 Å². The van der Waals surface area contributed by atoms with Gasteiger partial charge in [0.05, 0.1) is 15.9 Å². The Morgan fingerprint density at radius 2 is 2.06 bits per heavy atom. The molecule has 5 heteroatoms. The highest BCUT2D eigenvalue weighted by molar-refractivity contribution is 14.1. The molecule has 1 N–H and O–H groups in total. The molecule has 1 aromatic heterocycles. The first-order valence-electron chi connectivity index (χ1n) is 5.07. The van der Waals surface area contributed by atoms with E-state index in [0.717, 1.165) is 9.26 Å². The first kappa shape index (κ1) is 12.3. The van der Waals surface area contributed by atoms with Crippen LogP contribution in [0.5, 0.6) is 11.8 Å². The third-order valence-corrected chi connectivity index (χ3v) is 2.98. The predicted octanol–water partition coefficient (Wildman–Crippen LogP) is 2.67. The van der Waals surface area contributed by atoms with E-state index >= 15 is 0 Å². The molecule has 0 radical (unpaired) electrons. The second-order valence-electron chi connectivity index (χ2n) is 3.47. The average Bonchev–Trinajstić information content (AvgIpc) is 2.31. The molecule has 1 aromatic carbocycles. The first-order chi connectivity index (χ1) is 8.19. The maximum Gasteiger partial charge on any atom is 0.322 e. The van der Waals surface area contributed by atoms with Gasteiger partial charge in [0.15, 0.2) is 0 Å². The van der Waals surface area contributed by atoms with Crippen molar-refractivity contribution in [3.05, 3.63) is 45.3 Å². The number of aryl methyl sites for hydroxylation is 1. The Morgan fingerprint density at radius 3 is 2.76 bits per heavy atom. The summed E-state index contributed by atoms with van der Waals surface area (Å²) in [7, 11) is 0. The lowest BCUT2D eigenvalue weighted by Gasteiger charge is -2.07. The zero-order chi connectivity index (χ0) is 12.3. The van der Waals surface area contributed by atoms with Crippen LogP contribution in [0.15, 0.2) is 30.3 Å². The van der Waals surface area contributed by atoms with Crippen molar-refractivity contribution >= 4 is 22.6 Å². The summed E-state index contributed by atoms with van der Waals surface area (Å²) in [4.78, 5) is 8.27. The molecule has 0 saturated carbocycles. The van der Waals surface area contributed by atoms with Crippen LogP contribution in [0.2, 0.25) is 0 Å². The molecule has 2 rings (SSSR count). The third kappa shape index (κ3) is 3.13. The van der Waals surface area contributed by atoms with E-state index in [1.165, 1.54) is 0 Å². The number of aromatic nitrogens is 2. The van der Waals surface area contributed by atoms with Crippen LogP contribution in [0.1, 0.15) is 11.4 Å². The Bertz CT molecular complexity index is 532. The molecule has 4 nitrogen and oxygen atoms in total. The molecular formula is C12H11IN2O2. The fourth-order valence-corrected chi connectivity index (χ4v) is 1.85. The van der Waals surface area contributed by atoms with E-state index in [-0.39, 0.29) is 12.6 Å². The Labute approximate surface area is 113 Å². The second kappa shape index (κ2) is 5.42. The van der Waals surface area contributed by atoms with Gasteiger partial charge in [-0.1, -0.05) is 12.1 Å². The lowest BCUT2D eigenvalue weighted by molar-refractivity contribution is 0.274. The maximum absolute atomic E-state index is 9.06. The van der Waals surface area contributed by atoms with Gasteiger partial charge in [-0.2, -0.15) is 4.98 Å². The van der Waals surface area contributed by atoms with Crippen LogP contribution in [0, 0.1) is 10.5 Å². The van der Waals surface area contributed by atoms with Gasteiger partial charge in [-0.25, -0.2) is 4.98 Å². The van der Waals surface area contributed by atoms with Crippen molar-refractivity contribution in [2.45, 2.75) is 13.5 Å². The Morgan fingerprint density at radius 1 is 1.29 bits per heavy atom. The number of rotatable bonds is 3. The van der Waals surface area contributed by atoms with Gasteiger partial charge in [0.25, 0.3) is 0 Å². The molecule has 0 aliphatic rings. The summed E-state index contributed by atoms with van der Waals surface area (Å²) in [6.07, 6.45) is 0. The molecule has 0 bridgehead atoms. The van der Waals surface area contributed by atoms with E-state index in [4.69, 9.17) is 9.84 Å². The fourth-order valence-electron chi connectivity index (χ4n) is 1.36. The van der Waals surface area contributed by atoms with Gasteiger partial charge in [-0.05, 0) is 47.7 Å². The number of benzene rings is 1. The van der Waals surface area contributed by atoms with Crippen molar-refractivity contribution in [2.75, 3.05) is 0 Å². The first-order valence-corrected chi connectivity index (χ1v) is 6.14. The zero-order valence-corrected chi connectivity index (χ0v) is 11.4. The number of halogens is 1. The van der Waals surface area contributed by atoms with E-state index in [1.807, 2.05) is 31.2 Å². The predicted molar refractivity (Wildman–Crippen MR) is 71.9 cm³/mol. The average molecular weight is 342 g/mol. The van der Waals surface area contributed by atoms with Gasteiger partial charge in [-0.3, -0.25) is 0 Å². The second-order valence-corrected chi connectivity index (χ2v) is 4.64. The van der Waals surface area contributed by atoms with Crippen molar-refractivity contribution in [3.8, 4) is 11.8 Å². The van der Waals surface area contributed by atoms with Gasteiger partial charge in [0.2, 0.25) is 0 Å². The highest BCUT2D eigenvalue weighted by Crippen LogP contribution is 2.24. The monoisotopic (exact) mass is 342 g/mol. The number of para-hydroxylation sites is 1. The Balaban J connectivity index is 2.30. The summed E-state index contributed by atoms with van der Waals surface area (Å²) in [6.45, 7) is 1.72. The lowest BCUT2D eigenvalue weighted by atomic mass is 10.3. The Kier molecular flexibility index (Phi) is 3.90. The van der Waals surface area contributed by atoms with Crippen LogP contribution in [0.3, 0.4) is 0 Å². The summed E-state index contributed by atoms with van der Waals surface area (Å²) in [5.41, 5.74) is 1.32. The highest BCUT2D eigenvalue weighted by Gasteiger charge is 2.06. The molecular weight excluding hydrogens is 331 g/mol. The molecule has 0 unspecified atom stereocenters. The standard InChI is InChI=1S/C12H11IN2O2/c1-8-6-9(7-16)15-12(14-8)17-11-5-3-2-4-10(11)13/h2-6,16H,7H2,1H3. The third-order valence-electron chi connectivity index (χ3n) is 2.09. The topological polar surface area (TPSA) is 55.2 Å². The largest absolute Gasteiger partial charge is 0.423 e. The summed E-state index contributed by atoms with van der Waals surface area (Å²) >= 11 is 2.18. The highest BCUT2D eigenvalue weighted by atomic mass is 127. The van der Waals surface area contributed by atoms with E-state index < -0.39 is 0 Å². The minimum atomic E-state index is -0.119. The molecule has 0 atom stereocenters. The van der Waals surface area contributed by atoms with Crippen LogP contribution >= 0.6 is 22.6 Å². The van der Waals surface area contributed by atoms with Gasteiger partial charge in [0, 0.05) is 5.69 Å². The van der Waals surface area contributed by atoms with Crippen LogP contribution < -0.4 is 4.74 Å². The molecule has 88 valence electrons.